The van der Waals surface area contributed by atoms with Gasteiger partial charge in [0.15, 0.2) is 6.79 Å². The van der Waals surface area contributed by atoms with Gasteiger partial charge in [-0.25, -0.2) is 26.7 Å². The summed E-state index contributed by atoms with van der Waals surface area (Å²) in [6.07, 6.45) is 0. The number of fused-ring (bicyclic) bond motifs is 1. The predicted octanol–water partition coefficient (Wildman–Crippen LogP) is 2.10. The van der Waals surface area contributed by atoms with Crippen molar-refractivity contribution in [2.24, 2.45) is 0 Å². The van der Waals surface area contributed by atoms with Gasteiger partial charge in [0.2, 0.25) is 10.0 Å². The van der Waals surface area contributed by atoms with Crippen molar-refractivity contribution in [1.82, 2.24) is 4.72 Å². The fourth-order valence-electron chi connectivity index (χ4n) is 2.53. The van der Waals surface area contributed by atoms with E-state index in [0.717, 1.165) is 24.3 Å². The molecule has 0 bridgehead atoms. The van der Waals surface area contributed by atoms with E-state index >= 15 is 0 Å². The Morgan fingerprint density at radius 1 is 1.26 bits per heavy atom. The fraction of sp³-hybridized carbons (Fsp3) is 0.235. The molecule has 10 heteroatoms. The van der Waals surface area contributed by atoms with Gasteiger partial charge in [0.1, 0.15) is 24.0 Å². The van der Waals surface area contributed by atoms with Crippen LogP contribution in [0.1, 0.15) is 21.5 Å². The summed E-state index contributed by atoms with van der Waals surface area (Å²) in [4.78, 5) is 11.9. The molecule has 0 aromatic heterocycles. The number of halogens is 2. The zero-order valence-corrected chi connectivity index (χ0v) is 14.9. The van der Waals surface area contributed by atoms with Crippen molar-refractivity contribution in [2.75, 3.05) is 13.8 Å². The number of sulfonamides is 1. The Morgan fingerprint density at radius 2 is 2.04 bits per heavy atom. The molecule has 1 heterocycles. The molecule has 0 radical (unpaired) electrons. The molecule has 0 saturated carbocycles. The molecule has 0 amide bonds. The molecule has 0 spiro atoms. The lowest BCUT2D eigenvalue weighted by atomic mass is 10.1. The van der Waals surface area contributed by atoms with Crippen LogP contribution in [0.15, 0.2) is 35.2 Å². The summed E-state index contributed by atoms with van der Waals surface area (Å²) in [7, 11) is -2.68. The highest BCUT2D eigenvalue weighted by Gasteiger charge is 2.21. The maximum atomic E-state index is 14.0. The van der Waals surface area contributed by atoms with Crippen molar-refractivity contribution in [2.45, 2.75) is 18.1 Å². The first-order chi connectivity index (χ1) is 12.8. The third-order valence-corrected chi connectivity index (χ3v) is 5.26. The van der Waals surface area contributed by atoms with E-state index in [1.54, 1.807) is 0 Å². The van der Waals surface area contributed by atoms with Gasteiger partial charge in [-0.15, -0.1) is 0 Å². The topological polar surface area (TPSA) is 90.9 Å². The summed E-state index contributed by atoms with van der Waals surface area (Å²) in [5.41, 5.74) is 0.155. The summed E-state index contributed by atoms with van der Waals surface area (Å²) in [5.74, 6) is -2.27. The van der Waals surface area contributed by atoms with E-state index in [1.807, 2.05) is 0 Å². The molecule has 1 N–H and O–H groups in total. The average molecular weight is 399 g/mol. The third kappa shape index (κ3) is 4.07. The van der Waals surface area contributed by atoms with Crippen molar-refractivity contribution in [3.63, 3.8) is 0 Å². The van der Waals surface area contributed by atoms with Crippen LogP contribution >= 0.6 is 0 Å². The lowest BCUT2D eigenvalue weighted by Crippen LogP contribution is -2.19. The predicted molar refractivity (Wildman–Crippen MR) is 88.4 cm³/mol. The quantitative estimate of drug-likeness (QED) is 0.775. The van der Waals surface area contributed by atoms with E-state index in [9.17, 15) is 22.0 Å². The average Bonchev–Trinajstić information content (AvgIpc) is 2.65. The smallest absolute Gasteiger partial charge is 0.341 e. The van der Waals surface area contributed by atoms with E-state index in [0.29, 0.717) is 11.3 Å². The highest BCUT2D eigenvalue weighted by Crippen LogP contribution is 2.30. The lowest BCUT2D eigenvalue weighted by molar-refractivity contribution is -0.0183. The number of hydrogen-bond acceptors (Lipinski definition) is 6. The molecular weight excluding hydrogens is 384 g/mol. The second-order valence-corrected chi connectivity index (χ2v) is 7.48. The summed E-state index contributed by atoms with van der Waals surface area (Å²) in [6, 6.07) is 5.12. The van der Waals surface area contributed by atoms with Crippen molar-refractivity contribution in [3.05, 3.63) is 58.7 Å². The molecule has 0 fully saturated rings. The maximum Gasteiger partial charge on any atom is 0.341 e. The Kier molecular flexibility index (Phi) is 5.40. The molecule has 1 aliphatic rings. The van der Waals surface area contributed by atoms with Crippen molar-refractivity contribution in [3.8, 4) is 5.75 Å². The van der Waals surface area contributed by atoms with Gasteiger partial charge in [0, 0.05) is 11.1 Å². The lowest BCUT2D eigenvalue weighted by Gasteiger charge is -2.20. The van der Waals surface area contributed by atoms with Gasteiger partial charge in [0.25, 0.3) is 0 Å². The Hall–Kier alpha value is -2.56. The van der Waals surface area contributed by atoms with Crippen LogP contribution in [-0.2, 0) is 32.7 Å². The zero-order chi connectivity index (χ0) is 19.6. The molecule has 0 unspecified atom stereocenters. The number of benzene rings is 2. The SMILES string of the molecule is CNS(=O)(=O)c1ccc(F)c(C(=O)OCc2cc(F)cc3c2OCOC3)c1. The van der Waals surface area contributed by atoms with Gasteiger partial charge in [-0.3, -0.25) is 0 Å². The second kappa shape index (κ2) is 7.59. The first kappa shape index (κ1) is 19.2. The van der Waals surface area contributed by atoms with Crippen molar-refractivity contribution >= 4 is 16.0 Å². The number of carbonyl (C=O) groups excluding carboxylic acids is 1. The van der Waals surface area contributed by atoms with Crippen LogP contribution in [-0.4, -0.2) is 28.2 Å². The summed E-state index contributed by atoms with van der Waals surface area (Å²) >= 11 is 0. The minimum atomic E-state index is -3.86. The van der Waals surface area contributed by atoms with E-state index in [4.69, 9.17) is 14.2 Å². The standard InChI is InChI=1S/C17H15F2NO6S/c1-20-27(22,23)13-2-3-15(19)14(6-13)17(21)25-8-11-5-12(18)4-10-7-24-9-26-16(10)11/h2-6,20H,7-9H2,1H3. The highest BCUT2D eigenvalue weighted by atomic mass is 32.2. The van der Waals surface area contributed by atoms with Gasteiger partial charge in [-0.2, -0.15) is 0 Å². The van der Waals surface area contributed by atoms with Crippen LogP contribution < -0.4 is 9.46 Å². The minimum Gasteiger partial charge on any atom is -0.467 e. The van der Waals surface area contributed by atoms with E-state index in [1.165, 1.54) is 13.1 Å². The van der Waals surface area contributed by atoms with Crippen LogP contribution in [0.5, 0.6) is 5.75 Å². The third-order valence-electron chi connectivity index (χ3n) is 3.85. The van der Waals surface area contributed by atoms with E-state index in [2.05, 4.69) is 4.72 Å². The fourth-order valence-corrected chi connectivity index (χ4v) is 3.29. The van der Waals surface area contributed by atoms with Crippen LogP contribution in [0.25, 0.3) is 0 Å². The van der Waals surface area contributed by atoms with E-state index < -0.39 is 33.2 Å². The Morgan fingerprint density at radius 3 is 2.78 bits per heavy atom. The van der Waals surface area contributed by atoms with Crippen LogP contribution in [0.2, 0.25) is 0 Å². The Bertz CT molecular complexity index is 993. The minimum absolute atomic E-state index is 0.0296. The molecule has 0 atom stereocenters. The molecule has 7 nitrogen and oxygen atoms in total. The maximum absolute atomic E-state index is 14.0. The molecule has 3 rings (SSSR count). The Balaban J connectivity index is 1.83. The van der Waals surface area contributed by atoms with Crippen molar-refractivity contribution in [1.29, 1.82) is 0 Å². The van der Waals surface area contributed by atoms with Crippen LogP contribution in [0, 0.1) is 11.6 Å². The molecule has 27 heavy (non-hydrogen) atoms. The van der Waals surface area contributed by atoms with Gasteiger partial charge < -0.3 is 14.2 Å². The number of esters is 1. The largest absolute Gasteiger partial charge is 0.467 e. The van der Waals surface area contributed by atoms with Crippen molar-refractivity contribution < 1.29 is 36.2 Å². The molecule has 2 aromatic rings. The first-order valence-corrected chi connectivity index (χ1v) is 9.22. The monoisotopic (exact) mass is 399 g/mol. The summed E-state index contributed by atoms with van der Waals surface area (Å²) in [5, 5.41) is 0. The van der Waals surface area contributed by atoms with Crippen LogP contribution in [0.4, 0.5) is 8.78 Å². The number of hydrogen-bond donors (Lipinski definition) is 1. The second-order valence-electron chi connectivity index (χ2n) is 5.59. The number of carbonyl (C=O) groups is 1. The van der Waals surface area contributed by atoms with Gasteiger partial charge in [-0.1, -0.05) is 0 Å². The number of nitrogens with one attached hydrogen (secondary N) is 1. The number of rotatable bonds is 5. The summed E-state index contributed by atoms with van der Waals surface area (Å²) < 4.78 is 68.8. The zero-order valence-electron chi connectivity index (χ0n) is 14.1. The van der Waals surface area contributed by atoms with E-state index in [-0.39, 0.29) is 30.5 Å². The molecule has 144 valence electrons. The normalized spacial score (nSPS) is 13.6. The first-order valence-electron chi connectivity index (χ1n) is 7.74. The molecular formula is C17H15F2NO6S. The van der Waals surface area contributed by atoms with Gasteiger partial charge >= 0.3 is 5.97 Å². The molecule has 0 aliphatic carbocycles. The molecule has 1 aliphatic heterocycles. The highest BCUT2D eigenvalue weighted by molar-refractivity contribution is 7.89. The van der Waals surface area contributed by atoms with Crippen LogP contribution in [0.3, 0.4) is 0 Å². The molecule has 2 aromatic carbocycles. The van der Waals surface area contributed by atoms with Gasteiger partial charge in [-0.05, 0) is 37.4 Å². The number of ether oxygens (including phenoxy) is 3. The molecule has 0 saturated heterocycles. The summed E-state index contributed by atoms with van der Waals surface area (Å²) in [6.45, 7) is -0.272. The van der Waals surface area contributed by atoms with Gasteiger partial charge in [0.05, 0.1) is 17.1 Å². The Labute approximate surface area is 153 Å².